The minimum absolute atomic E-state index is 0.125. The summed E-state index contributed by atoms with van der Waals surface area (Å²) in [5.74, 6) is 1.90. The van der Waals surface area contributed by atoms with Crippen molar-refractivity contribution in [2.45, 2.75) is 39.0 Å². The maximum atomic E-state index is 8.52. The SMILES string of the molecule is CC1CCC(CCNCCOCCO)CC1. The van der Waals surface area contributed by atoms with E-state index in [1.165, 1.54) is 32.1 Å². The zero-order chi connectivity index (χ0) is 11.6. The molecular weight excluding hydrogens is 202 g/mol. The maximum Gasteiger partial charge on any atom is 0.0698 e. The Morgan fingerprint density at radius 3 is 2.56 bits per heavy atom. The Morgan fingerprint density at radius 2 is 1.88 bits per heavy atom. The first-order valence-electron chi connectivity index (χ1n) is 6.72. The molecule has 3 nitrogen and oxygen atoms in total. The number of nitrogens with one attached hydrogen (secondary N) is 1. The van der Waals surface area contributed by atoms with E-state index in [9.17, 15) is 0 Å². The smallest absolute Gasteiger partial charge is 0.0698 e. The average molecular weight is 229 g/mol. The normalized spacial score (nSPS) is 25.9. The highest BCUT2D eigenvalue weighted by molar-refractivity contribution is 4.70. The first kappa shape index (κ1) is 13.9. The number of hydrogen-bond donors (Lipinski definition) is 2. The van der Waals surface area contributed by atoms with Gasteiger partial charge < -0.3 is 15.2 Å². The molecule has 0 aromatic carbocycles. The van der Waals surface area contributed by atoms with E-state index in [0.29, 0.717) is 13.2 Å². The third-order valence-corrected chi connectivity index (χ3v) is 3.52. The van der Waals surface area contributed by atoms with Gasteiger partial charge in [0.15, 0.2) is 0 Å². The highest BCUT2D eigenvalue weighted by Crippen LogP contribution is 2.29. The monoisotopic (exact) mass is 229 g/mol. The molecular formula is C13H27NO2. The molecule has 0 aromatic rings. The number of hydrogen-bond acceptors (Lipinski definition) is 3. The maximum absolute atomic E-state index is 8.52. The Hall–Kier alpha value is -0.120. The number of ether oxygens (including phenoxy) is 1. The van der Waals surface area contributed by atoms with E-state index in [0.717, 1.165) is 24.9 Å². The van der Waals surface area contributed by atoms with Gasteiger partial charge in [0.05, 0.1) is 19.8 Å². The highest BCUT2D eigenvalue weighted by atomic mass is 16.5. The van der Waals surface area contributed by atoms with Crippen molar-refractivity contribution in [3.05, 3.63) is 0 Å². The van der Waals surface area contributed by atoms with Crippen molar-refractivity contribution >= 4 is 0 Å². The van der Waals surface area contributed by atoms with Crippen molar-refractivity contribution in [1.29, 1.82) is 0 Å². The lowest BCUT2D eigenvalue weighted by molar-refractivity contribution is 0.0937. The summed E-state index contributed by atoms with van der Waals surface area (Å²) in [6.07, 6.45) is 7.00. The summed E-state index contributed by atoms with van der Waals surface area (Å²) in [5.41, 5.74) is 0. The second-order valence-corrected chi connectivity index (χ2v) is 5.00. The fourth-order valence-corrected chi connectivity index (χ4v) is 2.36. The number of aliphatic hydroxyl groups excluding tert-OH is 1. The molecule has 16 heavy (non-hydrogen) atoms. The van der Waals surface area contributed by atoms with Crippen LogP contribution in [0.5, 0.6) is 0 Å². The van der Waals surface area contributed by atoms with Crippen LogP contribution in [-0.2, 0) is 4.74 Å². The van der Waals surface area contributed by atoms with Gasteiger partial charge in [0.2, 0.25) is 0 Å². The van der Waals surface area contributed by atoms with Gasteiger partial charge in [0.25, 0.3) is 0 Å². The van der Waals surface area contributed by atoms with Gasteiger partial charge in [-0.2, -0.15) is 0 Å². The molecule has 2 N–H and O–H groups in total. The molecule has 0 unspecified atom stereocenters. The Bertz CT molecular complexity index is 156. The summed E-state index contributed by atoms with van der Waals surface area (Å²) in [6.45, 7) is 5.68. The Morgan fingerprint density at radius 1 is 1.12 bits per heavy atom. The Kier molecular flexibility index (Phi) is 7.81. The molecule has 0 spiro atoms. The van der Waals surface area contributed by atoms with E-state index in [1.54, 1.807) is 0 Å². The summed E-state index contributed by atoms with van der Waals surface area (Å²) >= 11 is 0. The molecule has 0 aromatic heterocycles. The molecule has 1 aliphatic rings. The van der Waals surface area contributed by atoms with E-state index in [2.05, 4.69) is 12.2 Å². The van der Waals surface area contributed by atoms with Crippen LogP contribution in [0.1, 0.15) is 39.0 Å². The third-order valence-electron chi connectivity index (χ3n) is 3.52. The molecule has 1 fully saturated rings. The molecule has 0 saturated heterocycles. The van der Waals surface area contributed by atoms with E-state index < -0.39 is 0 Å². The highest BCUT2D eigenvalue weighted by Gasteiger charge is 2.17. The predicted molar refractivity (Wildman–Crippen MR) is 66.5 cm³/mol. The van der Waals surface area contributed by atoms with Gasteiger partial charge >= 0.3 is 0 Å². The van der Waals surface area contributed by atoms with Crippen molar-refractivity contribution in [3.63, 3.8) is 0 Å². The van der Waals surface area contributed by atoms with Gasteiger partial charge in [0, 0.05) is 6.54 Å². The molecule has 1 saturated carbocycles. The second-order valence-electron chi connectivity index (χ2n) is 5.00. The van der Waals surface area contributed by atoms with E-state index in [-0.39, 0.29) is 6.61 Å². The van der Waals surface area contributed by atoms with Gasteiger partial charge in [-0.05, 0) is 24.8 Å². The van der Waals surface area contributed by atoms with Crippen LogP contribution in [0.4, 0.5) is 0 Å². The summed E-state index contributed by atoms with van der Waals surface area (Å²) in [4.78, 5) is 0. The standard InChI is InChI=1S/C13H27NO2/c1-12-2-4-13(5-3-12)6-7-14-8-10-16-11-9-15/h12-15H,2-11H2,1H3. The van der Waals surface area contributed by atoms with Crippen molar-refractivity contribution in [3.8, 4) is 0 Å². The molecule has 1 rings (SSSR count). The predicted octanol–water partition coefficient (Wildman–Crippen LogP) is 1.80. The van der Waals surface area contributed by atoms with E-state index in [1.807, 2.05) is 0 Å². The largest absolute Gasteiger partial charge is 0.394 e. The fraction of sp³-hybridized carbons (Fsp3) is 1.00. The van der Waals surface area contributed by atoms with Crippen molar-refractivity contribution in [2.24, 2.45) is 11.8 Å². The lowest BCUT2D eigenvalue weighted by Gasteiger charge is -2.26. The lowest BCUT2D eigenvalue weighted by atomic mass is 9.81. The Labute approximate surface area is 99.6 Å². The quantitative estimate of drug-likeness (QED) is 0.624. The van der Waals surface area contributed by atoms with Crippen molar-refractivity contribution < 1.29 is 9.84 Å². The van der Waals surface area contributed by atoms with Crippen LogP contribution >= 0.6 is 0 Å². The molecule has 0 heterocycles. The minimum atomic E-state index is 0.125. The van der Waals surface area contributed by atoms with Crippen LogP contribution < -0.4 is 5.32 Å². The molecule has 0 atom stereocenters. The first-order valence-corrected chi connectivity index (χ1v) is 6.72. The summed E-state index contributed by atoms with van der Waals surface area (Å²) in [5, 5.41) is 11.9. The summed E-state index contributed by atoms with van der Waals surface area (Å²) in [7, 11) is 0. The molecule has 96 valence electrons. The van der Waals surface area contributed by atoms with Gasteiger partial charge in [-0.1, -0.05) is 32.6 Å². The average Bonchev–Trinajstić information content (AvgIpc) is 2.30. The van der Waals surface area contributed by atoms with Crippen LogP contribution in [0.25, 0.3) is 0 Å². The van der Waals surface area contributed by atoms with Crippen LogP contribution in [-0.4, -0.2) is 38.0 Å². The molecule has 0 amide bonds. The summed E-state index contributed by atoms with van der Waals surface area (Å²) in [6, 6.07) is 0. The molecule has 1 aliphatic carbocycles. The lowest BCUT2D eigenvalue weighted by Crippen LogP contribution is -2.24. The zero-order valence-corrected chi connectivity index (χ0v) is 10.6. The van der Waals surface area contributed by atoms with Crippen molar-refractivity contribution in [2.75, 3.05) is 32.9 Å². The minimum Gasteiger partial charge on any atom is -0.394 e. The first-order chi connectivity index (χ1) is 7.83. The van der Waals surface area contributed by atoms with Crippen LogP contribution in [0, 0.1) is 11.8 Å². The van der Waals surface area contributed by atoms with Gasteiger partial charge in [-0.25, -0.2) is 0 Å². The van der Waals surface area contributed by atoms with Gasteiger partial charge in [0.1, 0.15) is 0 Å². The van der Waals surface area contributed by atoms with Gasteiger partial charge in [-0.3, -0.25) is 0 Å². The van der Waals surface area contributed by atoms with E-state index in [4.69, 9.17) is 9.84 Å². The van der Waals surface area contributed by atoms with Gasteiger partial charge in [-0.15, -0.1) is 0 Å². The zero-order valence-electron chi connectivity index (χ0n) is 10.6. The molecule has 0 bridgehead atoms. The Balaban J connectivity index is 1.84. The number of rotatable bonds is 8. The summed E-state index contributed by atoms with van der Waals surface area (Å²) < 4.78 is 5.18. The van der Waals surface area contributed by atoms with Crippen molar-refractivity contribution in [1.82, 2.24) is 5.32 Å². The van der Waals surface area contributed by atoms with Crippen LogP contribution in [0.2, 0.25) is 0 Å². The molecule has 0 aliphatic heterocycles. The third kappa shape index (κ3) is 6.46. The van der Waals surface area contributed by atoms with Crippen LogP contribution in [0.3, 0.4) is 0 Å². The van der Waals surface area contributed by atoms with Crippen LogP contribution in [0.15, 0.2) is 0 Å². The van der Waals surface area contributed by atoms with E-state index >= 15 is 0 Å². The molecule has 0 radical (unpaired) electrons. The molecule has 3 heteroatoms. The second kappa shape index (κ2) is 8.97. The number of aliphatic hydroxyl groups is 1. The topological polar surface area (TPSA) is 41.5 Å². The fourth-order valence-electron chi connectivity index (χ4n) is 2.36.